The van der Waals surface area contributed by atoms with Crippen LogP contribution in [0.15, 0.2) is 42.5 Å². The summed E-state index contributed by atoms with van der Waals surface area (Å²) in [5.74, 6) is -1.68. The minimum atomic E-state index is -0.707. The van der Waals surface area contributed by atoms with E-state index in [4.69, 9.17) is 4.74 Å². The highest BCUT2D eigenvalue weighted by Crippen LogP contribution is 2.28. The maximum atomic E-state index is 12.5. The number of hydrogen-bond donors (Lipinski definition) is 1. The molecule has 0 aliphatic heterocycles. The number of carbonyl (C=O) groups excluding carboxylic acids is 3. The Morgan fingerprint density at radius 2 is 1.69 bits per heavy atom. The first-order valence-corrected chi connectivity index (χ1v) is 8.61. The fourth-order valence-corrected chi connectivity index (χ4v) is 2.59. The standard InChI is InChI=1S/C20H20N2O7/c1-12(10-18(23)29-3)19(24)14-6-9-16(17(11-14)22(26)27)21-20(25)13-4-7-15(28-2)8-5-13/h4-9,11-12H,10H2,1-3H3,(H,21,25)/t12-/m0/s1. The normalized spacial score (nSPS) is 11.3. The molecule has 0 heterocycles. The van der Waals surface area contributed by atoms with E-state index in [1.54, 1.807) is 12.1 Å². The predicted molar refractivity (Wildman–Crippen MR) is 104 cm³/mol. The summed E-state index contributed by atoms with van der Waals surface area (Å²) in [5, 5.41) is 13.9. The average Bonchev–Trinajstić information content (AvgIpc) is 2.73. The Morgan fingerprint density at radius 3 is 2.24 bits per heavy atom. The number of nitrogens with one attached hydrogen (secondary N) is 1. The molecule has 0 unspecified atom stereocenters. The first kappa shape index (κ1) is 21.5. The number of methoxy groups -OCH3 is 2. The van der Waals surface area contributed by atoms with Crippen LogP contribution in [0.4, 0.5) is 11.4 Å². The topological polar surface area (TPSA) is 125 Å². The summed E-state index contributed by atoms with van der Waals surface area (Å²) in [6.45, 7) is 1.53. The van der Waals surface area contributed by atoms with Crippen molar-refractivity contribution in [3.05, 3.63) is 63.7 Å². The van der Waals surface area contributed by atoms with Gasteiger partial charge in [0.2, 0.25) is 0 Å². The van der Waals surface area contributed by atoms with Crippen LogP contribution in [0, 0.1) is 16.0 Å². The molecular formula is C20H20N2O7. The number of ketones is 1. The van der Waals surface area contributed by atoms with Crippen molar-refractivity contribution in [2.24, 2.45) is 5.92 Å². The third-order valence-electron chi connectivity index (χ3n) is 4.23. The molecule has 0 saturated heterocycles. The van der Waals surface area contributed by atoms with Gasteiger partial charge in [0.15, 0.2) is 5.78 Å². The molecule has 2 aromatic carbocycles. The number of nitro benzene ring substituents is 1. The molecule has 2 rings (SSSR count). The van der Waals surface area contributed by atoms with E-state index in [1.807, 2.05) is 0 Å². The second kappa shape index (κ2) is 9.45. The van der Waals surface area contributed by atoms with Crippen molar-refractivity contribution in [1.82, 2.24) is 0 Å². The lowest BCUT2D eigenvalue weighted by Crippen LogP contribution is -2.17. The van der Waals surface area contributed by atoms with Gasteiger partial charge in [-0.2, -0.15) is 0 Å². The summed E-state index contributed by atoms with van der Waals surface area (Å²) in [6.07, 6.45) is -0.140. The van der Waals surface area contributed by atoms with Crippen LogP contribution in [0.25, 0.3) is 0 Å². The Balaban J connectivity index is 2.24. The molecule has 1 N–H and O–H groups in total. The quantitative estimate of drug-likeness (QED) is 0.312. The molecule has 0 aliphatic carbocycles. The van der Waals surface area contributed by atoms with Crippen molar-refractivity contribution < 1.29 is 28.8 Å². The lowest BCUT2D eigenvalue weighted by molar-refractivity contribution is -0.383. The number of esters is 1. The van der Waals surface area contributed by atoms with Gasteiger partial charge < -0.3 is 14.8 Å². The summed E-state index contributed by atoms with van der Waals surface area (Å²) in [7, 11) is 2.71. The third kappa shape index (κ3) is 5.38. The molecule has 9 heteroatoms. The first-order chi connectivity index (χ1) is 13.8. The van der Waals surface area contributed by atoms with Crippen LogP contribution in [0.5, 0.6) is 5.75 Å². The summed E-state index contributed by atoms with van der Waals surface area (Å²) in [5.41, 5.74) is -0.126. The third-order valence-corrected chi connectivity index (χ3v) is 4.23. The zero-order valence-electron chi connectivity index (χ0n) is 16.1. The first-order valence-electron chi connectivity index (χ1n) is 8.61. The molecular weight excluding hydrogens is 380 g/mol. The molecule has 0 aliphatic rings. The molecule has 0 fully saturated rings. The van der Waals surface area contributed by atoms with Crippen LogP contribution >= 0.6 is 0 Å². The molecule has 2 aromatic rings. The second-order valence-corrected chi connectivity index (χ2v) is 6.22. The number of rotatable bonds is 8. The smallest absolute Gasteiger partial charge is 0.306 e. The number of anilines is 1. The lowest BCUT2D eigenvalue weighted by Gasteiger charge is -2.11. The largest absolute Gasteiger partial charge is 0.497 e. The Bertz CT molecular complexity index is 938. The molecule has 29 heavy (non-hydrogen) atoms. The van der Waals surface area contributed by atoms with Crippen LogP contribution < -0.4 is 10.1 Å². The molecule has 0 aromatic heterocycles. The highest BCUT2D eigenvalue weighted by molar-refractivity contribution is 6.06. The van der Waals surface area contributed by atoms with Gasteiger partial charge in [-0.1, -0.05) is 6.92 Å². The van der Waals surface area contributed by atoms with E-state index < -0.39 is 34.2 Å². The Kier molecular flexibility index (Phi) is 7.02. The fourth-order valence-electron chi connectivity index (χ4n) is 2.59. The molecule has 152 valence electrons. The van der Waals surface area contributed by atoms with Gasteiger partial charge in [-0.25, -0.2) is 0 Å². The van der Waals surface area contributed by atoms with Crippen LogP contribution in [0.2, 0.25) is 0 Å². The molecule has 1 amide bonds. The molecule has 9 nitrogen and oxygen atoms in total. The van der Waals surface area contributed by atoms with Gasteiger partial charge in [0.25, 0.3) is 11.6 Å². The SMILES string of the molecule is COC(=O)C[C@H](C)C(=O)c1ccc(NC(=O)c2ccc(OC)cc2)c([N+](=O)[O-])c1. The maximum absolute atomic E-state index is 12.5. The van der Waals surface area contributed by atoms with Gasteiger partial charge in [0.05, 0.1) is 25.6 Å². The Hall–Kier alpha value is -3.75. The monoisotopic (exact) mass is 400 g/mol. The number of nitro groups is 1. The minimum Gasteiger partial charge on any atom is -0.497 e. The predicted octanol–water partition coefficient (Wildman–Crippen LogP) is 3.24. The number of amides is 1. The van der Waals surface area contributed by atoms with Crippen molar-refractivity contribution in [2.75, 3.05) is 19.5 Å². The summed E-state index contributed by atoms with van der Waals surface area (Å²) in [4.78, 5) is 46.9. The van der Waals surface area contributed by atoms with Gasteiger partial charge in [-0.3, -0.25) is 24.5 Å². The highest BCUT2D eigenvalue weighted by atomic mass is 16.6. The van der Waals surface area contributed by atoms with E-state index in [9.17, 15) is 24.5 Å². The van der Waals surface area contributed by atoms with Crippen LogP contribution in [-0.2, 0) is 9.53 Å². The molecule has 0 bridgehead atoms. The molecule has 0 saturated carbocycles. The maximum Gasteiger partial charge on any atom is 0.306 e. The summed E-state index contributed by atoms with van der Waals surface area (Å²) >= 11 is 0. The summed E-state index contributed by atoms with van der Waals surface area (Å²) < 4.78 is 9.56. The van der Waals surface area contributed by atoms with Gasteiger partial charge in [0, 0.05) is 23.1 Å². The van der Waals surface area contributed by atoms with Crippen molar-refractivity contribution >= 4 is 29.0 Å². The molecule has 0 radical (unpaired) electrons. The van der Waals surface area contributed by atoms with Crippen molar-refractivity contribution in [1.29, 1.82) is 0 Å². The van der Waals surface area contributed by atoms with E-state index >= 15 is 0 Å². The van der Waals surface area contributed by atoms with E-state index in [-0.39, 0.29) is 23.2 Å². The zero-order chi connectivity index (χ0) is 21.6. The highest BCUT2D eigenvalue weighted by Gasteiger charge is 2.24. The van der Waals surface area contributed by atoms with E-state index in [1.165, 1.54) is 45.4 Å². The van der Waals surface area contributed by atoms with Gasteiger partial charge in [0.1, 0.15) is 11.4 Å². The minimum absolute atomic E-state index is 0.0482. The van der Waals surface area contributed by atoms with Crippen LogP contribution in [-0.4, -0.2) is 36.8 Å². The Labute approximate surface area is 166 Å². The fraction of sp³-hybridized carbons (Fsp3) is 0.250. The lowest BCUT2D eigenvalue weighted by atomic mass is 9.96. The number of carbonyl (C=O) groups is 3. The second-order valence-electron chi connectivity index (χ2n) is 6.22. The summed E-state index contributed by atoms with van der Waals surface area (Å²) in [6, 6.07) is 9.96. The zero-order valence-corrected chi connectivity index (χ0v) is 16.1. The number of nitrogens with zero attached hydrogens (tertiary/aromatic N) is 1. The number of hydrogen-bond acceptors (Lipinski definition) is 7. The van der Waals surface area contributed by atoms with Gasteiger partial charge in [-0.05, 0) is 36.4 Å². The van der Waals surface area contributed by atoms with E-state index in [2.05, 4.69) is 10.1 Å². The molecule has 0 spiro atoms. The van der Waals surface area contributed by atoms with Crippen LogP contribution in [0.1, 0.15) is 34.1 Å². The van der Waals surface area contributed by atoms with Crippen molar-refractivity contribution in [3.8, 4) is 5.75 Å². The molecule has 1 atom stereocenters. The van der Waals surface area contributed by atoms with E-state index in [0.717, 1.165) is 6.07 Å². The number of Topliss-reactive ketones (excluding diaryl/α,β-unsaturated/α-hetero) is 1. The average molecular weight is 400 g/mol. The van der Waals surface area contributed by atoms with Crippen molar-refractivity contribution in [2.45, 2.75) is 13.3 Å². The number of benzene rings is 2. The van der Waals surface area contributed by atoms with Crippen LogP contribution in [0.3, 0.4) is 0 Å². The number of ether oxygens (including phenoxy) is 2. The Morgan fingerprint density at radius 1 is 1.07 bits per heavy atom. The van der Waals surface area contributed by atoms with E-state index in [0.29, 0.717) is 5.75 Å². The van der Waals surface area contributed by atoms with Gasteiger partial charge in [-0.15, -0.1) is 0 Å². The van der Waals surface area contributed by atoms with Crippen molar-refractivity contribution in [3.63, 3.8) is 0 Å². The van der Waals surface area contributed by atoms with Gasteiger partial charge >= 0.3 is 5.97 Å².